The summed E-state index contributed by atoms with van der Waals surface area (Å²) in [5.74, 6) is 0.487. The minimum absolute atomic E-state index is 0.0290. The zero-order valence-corrected chi connectivity index (χ0v) is 11.2. The van der Waals surface area contributed by atoms with Crippen LogP contribution < -0.4 is 0 Å². The van der Waals surface area contributed by atoms with Gasteiger partial charge in [-0.1, -0.05) is 36.4 Å². The molecule has 0 saturated heterocycles. The largest absolute Gasteiger partial charge is 0.508 e. The van der Waals surface area contributed by atoms with Crippen LogP contribution in [0.2, 0.25) is 0 Å². The number of hydrogen-bond donors (Lipinski definition) is 3. The maximum absolute atomic E-state index is 9.81. The molecule has 0 saturated carbocycles. The molecule has 2 rings (SSSR count). The molecule has 0 aromatic heterocycles. The highest BCUT2D eigenvalue weighted by Crippen LogP contribution is 2.21. The summed E-state index contributed by atoms with van der Waals surface area (Å²) in [6.07, 6.45) is 0. The van der Waals surface area contributed by atoms with Crippen molar-refractivity contribution in [2.24, 2.45) is 0 Å². The molecule has 0 spiro atoms. The van der Waals surface area contributed by atoms with Gasteiger partial charge in [0, 0.05) is 30.8 Å². The van der Waals surface area contributed by atoms with Crippen molar-refractivity contribution in [2.45, 2.75) is 13.1 Å². The van der Waals surface area contributed by atoms with Crippen LogP contribution in [0, 0.1) is 0 Å². The van der Waals surface area contributed by atoms with Gasteiger partial charge in [-0.2, -0.15) is 0 Å². The molecule has 0 unspecified atom stereocenters. The first kappa shape index (κ1) is 14.4. The third kappa shape index (κ3) is 3.73. The molecule has 0 atom stereocenters. The molecular formula is C16H19NO3. The van der Waals surface area contributed by atoms with Crippen LogP contribution in [0.4, 0.5) is 0 Å². The molecule has 0 bridgehead atoms. The Morgan fingerprint density at radius 2 is 1.20 bits per heavy atom. The average molecular weight is 273 g/mol. The maximum Gasteiger partial charge on any atom is 0.120 e. The van der Waals surface area contributed by atoms with Crippen LogP contribution in [-0.2, 0) is 13.1 Å². The molecule has 0 aliphatic rings. The summed E-state index contributed by atoms with van der Waals surface area (Å²) < 4.78 is 0. The average Bonchev–Trinajstić information content (AvgIpc) is 2.44. The lowest BCUT2D eigenvalue weighted by molar-refractivity contribution is 0.181. The highest BCUT2D eigenvalue weighted by atomic mass is 16.3. The van der Waals surface area contributed by atoms with Crippen molar-refractivity contribution in [3.05, 3.63) is 59.7 Å². The van der Waals surface area contributed by atoms with E-state index in [2.05, 4.69) is 0 Å². The fourth-order valence-corrected chi connectivity index (χ4v) is 2.13. The second kappa shape index (κ2) is 6.93. The summed E-state index contributed by atoms with van der Waals surface area (Å²) in [6, 6.07) is 14.3. The summed E-state index contributed by atoms with van der Waals surface area (Å²) in [6.45, 7) is 1.53. The Hall–Kier alpha value is -2.04. The fraction of sp³-hybridized carbons (Fsp3) is 0.250. The van der Waals surface area contributed by atoms with E-state index in [1.165, 1.54) is 0 Å². The van der Waals surface area contributed by atoms with Crippen molar-refractivity contribution in [2.75, 3.05) is 13.2 Å². The first-order chi connectivity index (χ1) is 9.70. The van der Waals surface area contributed by atoms with Crippen LogP contribution in [0.1, 0.15) is 11.1 Å². The van der Waals surface area contributed by atoms with Gasteiger partial charge < -0.3 is 15.3 Å². The van der Waals surface area contributed by atoms with E-state index >= 15 is 0 Å². The van der Waals surface area contributed by atoms with Gasteiger partial charge in [0.15, 0.2) is 0 Å². The van der Waals surface area contributed by atoms with Gasteiger partial charge in [0.2, 0.25) is 0 Å². The number of phenols is 2. The molecular weight excluding hydrogens is 254 g/mol. The Kier molecular flexibility index (Phi) is 4.98. The van der Waals surface area contributed by atoms with Crippen LogP contribution in [-0.4, -0.2) is 33.4 Å². The van der Waals surface area contributed by atoms with Gasteiger partial charge in [-0.25, -0.2) is 0 Å². The second-order valence-corrected chi connectivity index (χ2v) is 4.69. The molecule has 20 heavy (non-hydrogen) atoms. The molecule has 4 heteroatoms. The Bertz CT molecular complexity index is 509. The monoisotopic (exact) mass is 273 g/mol. The first-order valence-corrected chi connectivity index (χ1v) is 6.57. The molecule has 0 aliphatic carbocycles. The number of aliphatic hydroxyl groups is 1. The number of para-hydroxylation sites is 2. The van der Waals surface area contributed by atoms with Crippen LogP contribution in [0.25, 0.3) is 0 Å². The van der Waals surface area contributed by atoms with E-state index in [-0.39, 0.29) is 18.1 Å². The van der Waals surface area contributed by atoms with Crippen LogP contribution in [0.5, 0.6) is 11.5 Å². The smallest absolute Gasteiger partial charge is 0.120 e. The van der Waals surface area contributed by atoms with Crippen molar-refractivity contribution in [1.29, 1.82) is 0 Å². The topological polar surface area (TPSA) is 63.9 Å². The van der Waals surface area contributed by atoms with E-state index in [0.29, 0.717) is 19.6 Å². The zero-order chi connectivity index (χ0) is 14.4. The van der Waals surface area contributed by atoms with Gasteiger partial charge in [0.05, 0.1) is 6.61 Å². The number of aliphatic hydroxyl groups excluding tert-OH is 1. The third-order valence-electron chi connectivity index (χ3n) is 3.19. The fourth-order valence-electron chi connectivity index (χ4n) is 2.13. The standard InChI is InChI=1S/C16H19NO3/c18-10-9-17(11-13-5-1-3-7-15(13)19)12-14-6-2-4-8-16(14)20/h1-8,18-20H,9-12H2. The first-order valence-electron chi connectivity index (χ1n) is 6.57. The molecule has 0 fully saturated rings. The SMILES string of the molecule is OCCN(Cc1ccccc1O)Cc1ccccc1O. The Balaban J connectivity index is 2.12. The lowest BCUT2D eigenvalue weighted by Gasteiger charge is -2.22. The molecule has 2 aromatic carbocycles. The van der Waals surface area contributed by atoms with Crippen LogP contribution in [0.15, 0.2) is 48.5 Å². The summed E-state index contributed by atoms with van der Waals surface area (Å²) in [4.78, 5) is 1.98. The van der Waals surface area contributed by atoms with Crippen molar-refractivity contribution < 1.29 is 15.3 Å². The lowest BCUT2D eigenvalue weighted by Crippen LogP contribution is -2.26. The van der Waals surface area contributed by atoms with Gasteiger partial charge in [0.1, 0.15) is 11.5 Å². The van der Waals surface area contributed by atoms with Gasteiger partial charge in [0.25, 0.3) is 0 Å². The molecule has 0 radical (unpaired) electrons. The Morgan fingerprint density at radius 1 is 0.750 bits per heavy atom. The predicted octanol–water partition coefficient (Wildman–Crippen LogP) is 2.09. The van der Waals surface area contributed by atoms with Crippen LogP contribution in [0.3, 0.4) is 0 Å². The molecule has 0 heterocycles. The molecule has 2 aromatic rings. The Labute approximate surface area is 118 Å². The van der Waals surface area contributed by atoms with Crippen molar-refractivity contribution in [1.82, 2.24) is 4.90 Å². The number of aromatic hydroxyl groups is 2. The van der Waals surface area contributed by atoms with Crippen molar-refractivity contribution in [3.63, 3.8) is 0 Å². The van der Waals surface area contributed by atoms with Crippen molar-refractivity contribution in [3.8, 4) is 11.5 Å². The summed E-state index contributed by atoms with van der Waals surface area (Å²) in [5, 5.41) is 28.8. The molecule has 0 amide bonds. The van der Waals surface area contributed by atoms with E-state index in [1.54, 1.807) is 24.3 Å². The molecule has 0 aliphatic heterocycles. The quantitative estimate of drug-likeness (QED) is 0.754. The normalized spacial score (nSPS) is 10.9. The van der Waals surface area contributed by atoms with E-state index in [1.807, 2.05) is 29.2 Å². The van der Waals surface area contributed by atoms with E-state index in [9.17, 15) is 10.2 Å². The maximum atomic E-state index is 9.81. The zero-order valence-electron chi connectivity index (χ0n) is 11.2. The third-order valence-corrected chi connectivity index (χ3v) is 3.19. The highest BCUT2D eigenvalue weighted by molar-refractivity contribution is 5.33. The van der Waals surface area contributed by atoms with Gasteiger partial charge in [-0.05, 0) is 12.1 Å². The summed E-state index contributed by atoms with van der Waals surface area (Å²) in [5.41, 5.74) is 1.60. The molecule has 3 N–H and O–H groups in total. The lowest BCUT2D eigenvalue weighted by atomic mass is 10.1. The van der Waals surface area contributed by atoms with E-state index in [4.69, 9.17) is 5.11 Å². The predicted molar refractivity (Wildman–Crippen MR) is 77.4 cm³/mol. The van der Waals surface area contributed by atoms with Crippen molar-refractivity contribution >= 4 is 0 Å². The van der Waals surface area contributed by atoms with Gasteiger partial charge in [-0.3, -0.25) is 4.90 Å². The number of hydrogen-bond acceptors (Lipinski definition) is 4. The minimum Gasteiger partial charge on any atom is -0.508 e. The molecule has 106 valence electrons. The summed E-state index contributed by atoms with van der Waals surface area (Å²) >= 11 is 0. The minimum atomic E-state index is 0.0290. The molecule has 4 nitrogen and oxygen atoms in total. The van der Waals surface area contributed by atoms with E-state index in [0.717, 1.165) is 11.1 Å². The highest BCUT2D eigenvalue weighted by Gasteiger charge is 2.11. The Morgan fingerprint density at radius 3 is 1.60 bits per heavy atom. The number of rotatable bonds is 6. The van der Waals surface area contributed by atoms with E-state index < -0.39 is 0 Å². The van der Waals surface area contributed by atoms with Gasteiger partial charge in [-0.15, -0.1) is 0 Å². The van der Waals surface area contributed by atoms with Gasteiger partial charge >= 0.3 is 0 Å². The number of phenolic OH excluding ortho intramolecular Hbond substituents is 2. The van der Waals surface area contributed by atoms with Crippen LogP contribution >= 0.6 is 0 Å². The second-order valence-electron chi connectivity index (χ2n) is 4.69. The number of benzene rings is 2. The summed E-state index contributed by atoms with van der Waals surface area (Å²) in [7, 11) is 0. The number of nitrogens with zero attached hydrogens (tertiary/aromatic N) is 1.